The van der Waals surface area contributed by atoms with Crippen LogP contribution in [-0.2, 0) is 4.79 Å². The van der Waals surface area contributed by atoms with Crippen LogP contribution in [0.5, 0.6) is 0 Å². The van der Waals surface area contributed by atoms with Gasteiger partial charge in [0.05, 0.1) is 0 Å². The molecule has 2 rings (SSSR count). The molecule has 0 aromatic rings. The van der Waals surface area contributed by atoms with Gasteiger partial charge in [-0.15, -0.1) is 0 Å². The summed E-state index contributed by atoms with van der Waals surface area (Å²) in [5.41, 5.74) is 5.76. The molecule has 0 saturated carbocycles. The predicted octanol–water partition coefficient (Wildman–Crippen LogP) is 0.902. The summed E-state index contributed by atoms with van der Waals surface area (Å²) in [5.74, 6) is 0.772. The van der Waals surface area contributed by atoms with Crippen LogP contribution < -0.4 is 5.73 Å². The molecule has 1 fully saturated rings. The first kappa shape index (κ1) is 9.71. The molecular weight excluding hydrogens is 176 g/mol. The smallest absolute Gasteiger partial charge is 0.223 e. The Kier molecular flexibility index (Phi) is 2.87. The molecule has 1 amide bonds. The number of hydrogen-bond donors (Lipinski definition) is 1. The van der Waals surface area contributed by atoms with Gasteiger partial charge in [-0.3, -0.25) is 4.79 Å². The first-order chi connectivity index (χ1) is 6.75. The summed E-state index contributed by atoms with van der Waals surface area (Å²) in [6, 6.07) is 0.207. The molecule has 0 bridgehead atoms. The molecular formula is C11H18N2O. The van der Waals surface area contributed by atoms with Gasteiger partial charge in [0.2, 0.25) is 5.91 Å². The van der Waals surface area contributed by atoms with Crippen LogP contribution in [0.25, 0.3) is 0 Å². The van der Waals surface area contributed by atoms with Gasteiger partial charge in [0, 0.05) is 25.6 Å². The number of likely N-dealkylation sites (tertiary alicyclic amines) is 1. The van der Waals surface area contributed by atoms with Crippen molar-refractivity contribution >= 4 is 5.91 Å². The summed E-state index contributed by atoms with van der Waals surface area (Å²) in [6.07, 6.45) is 8.28. The Morgan fingerprint density at radius 3 is 2.93 bits per heavy atom. The molecule has 1 unspecified atom stereocenters. The second-order valence-corrected chi connectivity index (χ2v) is 4.36. The van der Waals surface area contributed by atoms with E-state index in [4.69, 9.17) is 5.73 Å². The minimum absolute atomic E-state index is 0.207. The van der Waals surface area contributed by atoms with Crippen LogP contribution in [0.2, 0.25) is 0 Å². The van der Waals surface area contributed by atoms with Crippen molar-refractivity contribution in [3.05, 3.63) is 12.2 Å². The van der Waals surface area contributed by atoms with Gasteiger partial charge >= 0.3 is 0 Å². The normalized spacial score (nSPS) is 31.4. The third-order valence-corrected chi connectivity index (χ3v) is 3.13. The van der Waals surface area contributed by atoms with Crippen molar-refractivity contribution in [2.75, 3.05) is 13.1 Å². The maximum Gasteiger partial charge on any atom is 0.223 e. The molecule has 78 valence electrons. The van der Waals surface area contributed by atoms with Crippen molar-refractivity contribution in [2.24, 2.45) is 11.7 Å². The maximum atomic E-state index is 11.8. The van der Waals surface area contributed by atoms with Crippen LogP contribution >= 0.6 is 0 Å². The number of amides is 1. The lowest BCUT2D eigenvalue weighted by molar-refractivity contribution is -0.130. The van der Waals surface area contributed by atoms with Gasteiger partial charge in [-0.2, -0.15) is 0 Å². The van der Waals surface area contributed by atoms with Crippen LogP contribution in [0.3, 0.4) is 0 Å². The quantitative estimate of drug-likeness (QED) is 0.664. The third-order valence-electron chi connectivity index (χ3n) is 3.13. The molecule has 14 heavy (non-hydrogen) atoms. The van der Waals surface area contributed by atoms with E-state index in [0.29, 0.717) is 12.3 Å². The Labute approximate surface area is 84.9 Å². The second-order valence-electron chi connectivity index (χ2n) is 4.36. The Morgan fingerprint density at radius 1 is 1.50 bits per heavy atom. The molecule has 0 radical (unpaired) electrons. The highest BCUT2D eigenvalue weighted by molar-refractivity contribution is 5.77. The molecule has 1 aliphatic carbocycles. The van der Waals surface area contributed by atoms with Crippen LogP contribution in [-0.4, -0.2) is 29.9 Å². The molecule has 2 aliphatic rings. The Morgan fingerprint density at radius 2 is 2.36 bits per heavy atom. The monoisotopic (exact) mass is 194 g/mol. The largest absolute Gasteiger partial charge is 0.341 e. The van der Waals surface area contributed by atoms with Gasteiger partial charge in [-0.05, 0) is 25.2 Å². The zero-order valence-electron chi connectivity index (χ0n) is 8.48. The highest BCUT2D eigenvalue weighted by Gasteiger charge is 2.25. The summed E-state index contributed by atoms with van der Waals surface area (Å²) in [7, 11) is 0. The zero-order valence-corrected chi connectivity index (χ0v) is 8.48. The van der Waals surface area contributed by atoms with E-state index in [1.807, 2.05) is 4.90 Å². The van der Waals surface area contributed by atoms with E-state index in [0.717, 1.165) is 32.4 Å². The molecule has 0 aromatic carbocycles. The van der Waals surface area contributed by atoms with E-state index < -0.39 is 0 Å². The maximum absolute atomic E-state index is 11.8. The van der Waals surface area contributed by atoms with Gasteiger partial charge in [0.25, 0.3) is 0 Å². The SMILES string of the molecule is N[C@@H]1CCN(C(=O)CC2C=CCC2)C1. The molecule has 3 heteroatoms. The molecule has 0 spiro atoms. The summed E-state index contributed by atoms with van der Waals surface area (Å²) in [4.78, 5) is 13.7. The van der Waals surface area contributed by atoms with Crippen molar-refractivity contribution in [3.63, 3.8) is 0 Å². The molecule has 1 saturated heterocycles. The Bertz CT molecular complexity index is 250. The minimum atomic E-state index is 0.207. The van der Waals surface area contributed by atoms with E-state index in [1.165, 1.54) is 0 Å². The first-order valence-electron chi connectivity index (χ1n) is 5.45. The molecule has 2 N–H and O–H groups in total. The zero-order chi connectivity index (χ0) is 9.97. The Hall–Kier alpha value is -0.830. The number of nitrogens with zero attached hydrogens (tertiary/aromatic N) is 1. The molecule has 0 aromatic heterocycles. The number of carbonyl (C=O) groups excluding carboxylic acids is 1. The van der Waals surface area contributed by atoms with Crippen LogP contribution in [0.4, 0.5) is 0 Å². The molecule has 1 heterocycles. The fourth-order valence-corrected chi connectivity index (χ4v) is 2.23. The van der Waals surface area contributed by atoms with Gasteiger partial charge < -0.3 is 10.6 Å². The number of nitrogens with two attached hydrogens (primary N) is 1. The number of carbonyl (C=O) groups is 1. The van der Waals surface area contributed by atoms with Crippen LogP contribution in [0.1, 0.15) is 25.7 Å². The second kappa shape index (κ2) is 4.13. The molecule has 2 atom stereocenters. The van der Waals surface area contributed by atoms with E-state index in [2.05, 4.69) is 12.2 Å². The lowest BCUT2D eigenvalue weighted by Crippen LogP contribution is -2.32. The average molecular weight is 194 g/mol. The standard InChI is InChI=1S/C11H18N2O/c12-10-5-6-13(8-10)11(14)7-9-3-1-2-4-9/h1,3,9-10H,2,4-8,12H2/t9?,10-/m1/s1. The molecule has 1 aliphatic heterocycles. The van der Waals surface area contributed by atoms with E-state index >= 15 is 0 Å². The minimum Gasteiger partial charge on any atom is -0.341 e. The highest BCUT2D eigenvalue weighted by Crippen LogP contribution is 2.22. The summed E-state index contributed by atoms with van der Waals surface area (Å²) in [5, 5.41) is 0. The van der Waals surface area contributed by atoms with E-state index in [9.17, 15) is 4.79 Å². The lowest BCUT2D eigenvalue weighted by Gasteiger charge is -2.17. The van der Waals surface area contributed by atoms with Gasteiger partial charge in [0.1, 0.15) is 0 Å². The number of allylic oxidation sites excluding steroid dienone is 2. The van der Waals surface area contributed by atoms with Crippen LogP contribution in [0.15, 0.2) is 12.2 Å². The van der Waals surface area contributed by atoms with Crippen molar-refractivity contribution in [2.45, 2.75) is 31.7 Å². The third kappa shape index (κ3) is 2.15. The van der Waals surface area contributed by atoms with Gasteiger partial charge in [-0.25, -0.2) is 0 Å². The van der Waals surface area contributed by atoms with Gasteiger partial charge in [0.15, 0.2) is 0 Å². The van der Waals surface area contributed by atoms with Crippen LogP contribution in [0, 0.1) is 5.92 Å². The van der Waals surface area contributed by atoms with Crippen molar-refractivity contribution in [1.82, 2.24) is 4.90 Å². The lowest BCUT2D eigenvalue weighted by atomic mass is 10.0. The summed E-state index contributed by atoms with van der Waals surface area (Å²) < 4.78 is 0. The first-order valence-corrected chi connectivity index (χ1v) is 5.45. The Balaban J connectivity index is 1.80. The van der Waals surface area contributed by atoms with E-state index in [-0.39, 0.29) is 11.9 Å². The van der Waals surface area contributed by atoms with Crippen molar-refractivity contribution in [1.29, 1.82) is 0 Å². The summed E-state index contributed by atoms with van der Waals surface area (Å²) in [6.45, 7) is 1.62. The predicted molar refractivity (Wildman–Crippen MR) is 55.7 cm³/mol. The molecule has 3 nitrogen and oxygen atoms in total. The topological polar surface area (TPSA) is 46.3 Å². The summed E-state index contributed by atoms with van der Waals surface area (Å²) >= 11 is 0. The van der Waals surface area contributed by atoms with Crippen molar-refractivity contribution in [3.8, 4) is 0 Å². The fraction of sp³-hybridized carbons (Fsp3) is 0.727. The number of hydrogen-bond acceptors (Lipinski definition) is 2. The van der Waals surface area contributed by atoms with E-state index in [1.54, 1.807) is 0 Å². The fourth-order valence-electron chi connectivity index (χ4n) is 2.23. The van der Waals surface area contributed by atoms with Crippen molar-refractivity contribution < 1.29 is 4.79 Å². The number of rotatable bonds is 2. The average Bonchev–Trinajstić information content (AvgIpc) is 2.75. The van der Waals surface area contributed by atoms with Gasteiger partial charge in [-0.1, -0.05) is 12.2 Å². The highest BCUT2D eigenvalue weighted by atomic mass is 16.2.